The van der Waals surface area contributed by atoms with Crippen LogP contribution in [0.1, 0.15) is 116 Å². The van der Waals surface area contributed by atoms with E-state index in [1.54, 1.807) is 6.08 Å². The van der Waals surface area contributed by atoms with Gasteiger partial charge in [0.1, 0.15) is 73.2 Å². The Morgan fingerprint density at radius 1 is 0.631 bits per heavy atom. The molecule has 4 aliphatic carbocycles. The van der Waals surface area contributed by atoms with Crippen LogP contribution in [-0.2, 0) is 33.2 Å². The number of carbonyl (C=O) groups excluding carboxylic acids is 1. The van der Waals surface area contributed by atoms with E-state index < -0.39 is 124 Å². The van der Waals surface area contributed by atoms with Crippen LogP contribution in [0.15, 0.2) is 12.2 Å². The molecule has 0 aromatic carbocycles. The zero-order valence-corrected chi connectivity index (χ0v) is 37.8. The van der Waals surface area contributed by atoms with E-state index in [0.29, 0.717) is 24.2 Å². The van der Waals surface area contributed by atoms with Crippen molar-refractivity contribution in [3.8, 4) is 0 Å². The number of amides is 1. The van der Waals surface area contributed by atoms with Gasteiger partial charge in [0.05, 0.1) is 38.6 Å². The van der Waals surface area contributed by atoms with Crippen LogP contribution in [0.2, 0.25) is 0 Å². The van der Waals surface area contributed by atoms with Crippen molar-refractivity contribution < 1.29 is 89.4 Å². The van der Waals surface area contributed by atoms with Gasteiger partial charge in [-0.3, -0.25) is 4.79 Å². The summed E-state index contributed by atoms with van der Waals surface area (Å²) >= 11 is 0. The average molecular weight is 934 g/mol. The molecule has 4 bridgehead atoms. The molecule has 7 aliphatic rings. The minimum absolute atomic E-state index is 0.0573. The minimum atomic E-state index is -1.97. The summed E-state index contributed by atoms with van der Waals surface area (Å²) < 4.78 is 34.2. The SMILES string of the molecule is CCCCCCCCCCC/C=C/C(O)C(CO[C@@H]1O[C@H](CO)[C@@H](O[C@@H]2O[C@H](CO)[C@H](O[C@H]3O[C@H](CO)[C@H](O)[C@H](O)[C@H]3O)[C@H](O)[C@H]2O)[C@H](O)[C@H]1O)NC(=O)CC12CC3CC(CC(C3)C1)C2. The molecule has 3 saturated heterocycles. The molecule has 7 rings (SSSR count). The molecule has 3 aliphatic heterocycles. The van der Waals surface area contributed by atoms with E-state index in [9.17, 15) is 61.0 Å². The summed E-state index contributed by atoms with van der Waals surface area (Å²) in [5.41, 5.74) is -0.0573. The number of carbonyl (C=O) groups is 1. The van der Waals surface area contributed by atoms with E-state index in [0.717, 1.165) is 44.9 Å². The van der Waals surface area contributed by atoms with Gasteiger partial charge in [0.15, 0.2) is 18.9 Å². The van der Waals surface area contributed by atoms with Crippen molar-refractivity contribution >= 4 is 5.91 Å². The molecule has 2 unspecified atom stereocenters. The molecule has 0 radical (unpaired) electrons. The zero-order valence-electron chi connectivity index (χ0n) is 37.8. The van der Waals surface area contributed by atoms with Crippen LogP contribution in [0, 0.1) is 23.2 Å². The molecule has 17 atom stereocenters. The van der Waals surface area contributed by atoms with Crippen LogP contribution in [-0.4, -0.2) is 193 Å². The first-order chi connectivity index (χ1) is 31.2. The van der Waals surface area contributed by atoms with Crippen LogP contribution in [0.25, 0.3) is 0 Å². The van der Waals surface area contributed by atoms with Crippen molar-refractivity contribution in [3.05, 3.63) is 12.2 Å². The monoisotopic (exact) mass is 934 g/mol. The largest absolute Gasteiger partial charge is 0.394 e. The Labute approximate surface area is 382 Å². The lowest BCUT2D eigenvalue weighted by molar-refractivity contribution is -0.379. The van der Waals surface area contributed by atoms with Gasteiger partial charge < -0.3 is 89.9 Å². The van der Waals surface area contributed by atoms with Gasteiger partial charge in [0.25, 0.3) is 0 Å². The van der Waals surface area contributed by atoms with Gasteiger partial charge in [-0.2, -0.15) is 0 Å². The fraction of sp³-hybridized carbons (Fsp3) is 0.935. The molecule has 65 heavy (non-hydrogen) atoms. The zero-order chi connectivity index (χ0) is 46.8. The van der Waals surface area contributed by atoms with E-state index in [1.165, 1.54) is 57.8 Å². The predicted molar refractivity (Wildman–Crippen MR) is 229 cm³/mol. The van der Waals surface area contributed by atoms with Crippen molar-refractivity contribution in [1.82, 2.24) is 5.32 Å². The summed E-state index contributed by atoms with van der Waals surface area (Å²) in [6.07, 6.45) is -4.60. The maximum absolute atomic E-state index is 13.8. The number of unbranched alkanes of at least 4 members (excludes halogenated alkanes) is 9. The highest BCUT2D eigenvalue weighted by Gasteiger charge is 2.55. The molecule has 12 N–H and O–H groups in total. The summed E-state index contributed by atoms with van der Waals surface area (Å²) in [6.45, 7) is -0.526. The van der Waals surface area contributed by atoms with Gasteiger partial charge in [-0.05, 0) is 74.5 Å². The molecule has 376 valence electrons. The second-order valence-electron chi connectivity index (χ2n) is 19.9. The Kier molecular flexibility index (Phi) is 20.3. The first-order valence-corrected chi connectivity index (χ1v) is 24.3. The minimum Gasteiger partial charge on any atom is -0.394 e. The van der Waals surface area contributed by atoms with E-state index in [-0.39, 0.29) is 17.9 Å². The highest BCUT2D eigenvalue weighted by Crippen LogP contribution is 2.61. The molecule has 1 amide bonds. The Bertz CT molecular complexity index is 1420. The second kappa shape index (κ2) is 24.9. The van der Waals surface area contributed by atoms with Crippen LogP contribution in [0.4, 0.5) is 0 Å². The van der Waals surface area contributed by atoms with Crippen molar-refractivity contribution in [1.29, 1.82) is 0 Å². The maximum Gasteiger partial charge on any atom is 0.220 e. The van der Waals surface area contributed by atoms with Crippen LogP contribution >= 0.6 is 0 Å². The van der Waals surface area contributed by atoms with E-state index >= 15 is 0 Å². The van der Waals surface area contributed by atoms with E-state index in [1.807, 2.05) is 6.08 Å². The summed E-state index contributed by atoms with van der Waals surface area (Å²) in [4.78, 5) is 13.8. The quantitative estimate of drug-likeness (QED) is 0.0401. The molecular weight excluding hydrogens is 854 g/mol. The van der Waals surface area contributed by atoms with Gasteiger partial charge in [-0.15, -0.1) is 0 Å². The molecule has 0 aromatic rings. The molecule has 19 nitrogen and oxygen atoms in total. The summed E-state index contributed by atoms with van der Waals surface area (Å²) in [7, 11) is 0. The molecule has 0 spiro atoms. The van der Waals surface area contributed by atoms with E-state index in [2.05, 4.69) is 12.2 Å². The standard InChI is InChI=1S/C46H79NO18/c1-2-3-4-5-6-7-8-9-10-11-12-13-29(51)28(47-33(52)20-46-17-25-14-26(18-46)16-27(15-25)19-46)24-60-43-39(58)36(55)41(31(22-49)62-43)65-45-40(59)37(56)42(32(23-50)63-45)64-44-38(57)35(54)34(53)30(21-48)61-44/h12-13,25-32,34-45,48-51,53-59H,2-11,14-24H2,1H3,(H,47,52)/b13-12+/t25?,26?,27?,28?,29?,30-,31-,32-,34+,35+,36-,37-,38-,39-,40-,41-,42+,43-,44-,45+,46?/m1/s1. The van der Waals surface area contributed by atoms with Crippen LogP contribution in [0.3, 0.4) is 0 Å². The van der Waals surface area contributed by atoms with Gasteiger partial charge in [-0.1, -0.05) is 70.4 Å². The smallest absolute Gasteiger partial charge is 0.220 e. The Hall–Kier alpha value is -1.47. The Morgan fingerprint density at radius 2 is 1.09 bits per heavy atom. The molecule has 4 saturated carbocycles. The lowest BCUT2D eigenvalue weighted by atomic mass is 9.49. The highest BCUT2D eigenvalue weighted by molar-refractivity contribution is 5.77. The maximum atomic E-state index is 13.8. The summed E-state index contributed by atoms with van der Waals surface area (Å²) in [5.74, 6) is 1.75. The topological polar surface area (TPSA) is 307 Å². The van der Waals surface area contributed by atoms with Crippen molar-refractivity contribution in [2.24, 2.45) is 23.2 Å². The van der Waals surface area contributed by atoms with Crippen molar-refractivity contribution in [3.63, 3.8) is 0 Å². The fourth-order valence-electron chi connectivity index (χ4n) is 11.7. The molecule has 19 heteroatoms. The third kappa shape index (κ3) is 13.4. The fourth-order valence-corrected chi connectivity index (χ4v) is 11.7. The third-order valence-electron chi connectivity index (χ3n) is 14.8. The van der Waals surface area contributed by atoms with Gasteiger partial charge in [0.2, 0.25) is 5.91 Å². The number of hydrogen-bond acceptors (Lipinski definition) is 18. The van der Waals surface area contributed by atoms with Gasteiger partial charge in [-0.25, -0.2) is 0 Å². The molecule has 0 aromatic heterocycles. The number of allylic oxidation sites excluding steroid dienone is 1. The predicted octanol–water partition coefficient (Wildman–Crippen LogP) is -0.619. The number of aliphatic hydroxyl groups is 11. The third-order valence-corrected chi connectivity index (χ3v) is 14.8. The first-order valence-electron chi connectivity index (χ1n) is 24.3. The lowest BCUT2D eigenvalue weighted by Gasteiger charge is -2.56. The number of aliphatic hydroxyl groups excluding tert-OH is 11. The van der Waals surface area contributed by atoms with Gasteiger partial charge in [0, 0.05) is 6.42 Å². The van der Waals surface area contributed by atoms with Crippen LogP contribution in [0.5, 0.6) is 0 Å². The number of nitrogens with one attached hydrogen (secondary N) is 1. The van der Waals surface area contributed by atoms with Crippen molar-refractivity contribution in [2.45, 2.75) is 220 Å². The first kappa shape index (κ1) is 52.9. The normalized spacial score (nSPS) is 42.6. The summed E-state index contributed by atoms with van der Waals surface area (Å²) in [5, 5.41) is 120. The highest BCUT2D eigenvalue weighted by atomic mass is 16.8. The summed E-state index contributed by atoms with van der Waals surface area (Å²) in [6, 6.07) is -0.953. The number of hydrogen-bond donors (Lipinski definition) is 12. The molecule has 7 fully saturated rings. The Morgan fingerprint density at radius 3 is 1.62 bits per heavy atom. The number of ether oxygens (including phenoxy) is 6. The van der Waals surface area contributed by atoms with Gasteiger partial charge >= 0.3 is 0 Å². The number of rotatable bonds is 25. The van der Waals surface area contributed by atoms with Crippen LogP contribution < -0.4 is 5.32 Å². The Balaban J connectivity index is 1.05. The van der Waals surface area contributed by atoms with Crippen molar-refractivity contribution in [2.75, 3.05) is 26.4 Å². The van der Waals surface area contributed by atoms with E-state index in [4.69, 9.17) is 28.4 Å². The molecule has 3 heterocycles. The second-order valence-corrected chi connectivity index (χ2v) is 19.9. The molecular formula is C46H79NO18. The lowest BCUT2D eigenvalue weighted by Crippen LogP contribution is -2.66. The average Bonchev–Trinajstić information content (AvgIpc) is 3.27.